The number of nitrogens with two attached hydrogens (primary N) is 1. The molecule has 5 nitrogen and oxygen atoms in total. The van der Waals surface area contributed by atoms with E-state index in [1.165, 1.54) is 0 Å². The molecule has 0 aliphatic carbocycles. The standard InChI is InChI=1S/C24H27N3O2S/c1-4-6-19-20(12-18(13-21(19)25)22(28)15(2)3)23(29)27-14-16-7-5-8-17(11-16)24-26-9-10-30-24/h5,7-13,15H,4,6,14,25H2,1-3H3,(H,27,29). The monoisotopic (exact) mass is 421 g/mol. The predicted molar refractivity (Wildman–Crippen MR) is 123 cm³/mol. The molecule has 3 aromatic rings. The van der Waals surface area contributed by atoms with Crippen LogP contribution in [-0.2, 0) is 13.0 Å². The van der Waals surface area contributed by atoms with E-state index >= 15 is 0 Å². The van der Waals surface area contributed by atoms with Crippen LogP contribution in [0.3, 0.4) is 0 Å². The summed E-state index contributed by atoms with van der Waals surface area (Å²) in [6.07, 6.45) is 3.32. The first-order valence-corrected chi connectivity index (χ1v) is 11.0. The fourth-order valence-electron chi connectivity index (χ4n) is 3.36. The maximum atomic E-state index is 13.0. The van der Waals surface area contributed by atoms with Crippen LogP contribution < -0.4 is 11.1 Å². The highest BCUT2D eigenvalue weighted by atomic mass is 32.1. The van der Waals surface area contributed by atoms with Crippen LogP contribution >= 0.6 is 11.3 Å². The fraction of sp³-hybridized carbons (Fsp3) is 0.292. The van der Waals surface area contributed by atoms with Gasteiger partial charge in [-0.25, -0.2) is 4.98 Å². The van der Waals surface area contributed by atoms with Gasteiger partial charge in [-0.05, 0) is 35.7 Å². The van der Waals surface area contributed by atoms with E-state index in [0.717, 1.165) is 28.1 Å². The van der Waals surface area contributed by atoms with Crippen molar-refractivity contribution in [3.05, 3.63) is 70.2 Å². The Morgan fingerprint density at radius 2 is 2.00 bits per heavy atom. The number of anilines is 1. The number of rotatable bonds is 8. The van der Waals surface area contributed by atoms with Crippen LogP contribution in [0.5, 0.6) is 0 Å². The van der Waals surface area contributed by atoms with Gasteiger partial charge in [0.25, 0.3) is 5.91 Å². The maximum Gasteiger partial charge on any atom is 0.251 e. The smallest absolute Gasteiger partial charge is 0.251 e. The summed E-state index contributed by atoms with van der Waals surface area (Å²) in [7, 11) is 0. The van der Waals surface area contributed by atoms with Crippen LogP contribution in [0.4, 0.5) is 5.69 Å². The van der Waals surface area contributed by atoms with Gasteiger partial charge in [0.1, 0.15) is 5.01 Å². The molecule has 1 aromatic heterocycles. The quantitative estimate of drug-likeness (QED) is 0.391. The van der Waals surface area contributed by atoms with Crippen molar-refractivity contribution < 1.29 is 9.59 Å². The molecule has 0 aliphatic rings. The molecular weight excluding hydrogens is 394 g/mol. The van der Waals surface area contributed by atoms with Gasteiger partial charge in [0, 0.05) is 46.4 Å². The number of nitrogens with one attached hydrogen (secondary N) is 1. The highest BCUT2D eigenvalue weighted by molar-refractivity contribution is 7.13. The highest BCUT2D eigenvalue weighted by Gasteiger charge is 2.19. The van der Waals surface area contributed by atoms with E-state index in [1.54, 1.807) is 29.7 Å². The molecule has 156 valence electrons. The number of thiazole rings is 1. The van der Waals surface area contributed by atoms with Gasteiger partial charge in [0.05, 0.1) is 0 Å². The normalized spacial score (nSPS) is 10.9. The molecule has 0 atom stereocenters. The average molecular weight is 422 g/mol. The Morgan fingerprint density at radius 1 is 1.20 bits per heavy atom. The molecule has 3 rings (SSSR count). The molecule has 0 spiro atoms. The number of hydrogen-bond acceptors (Lipinski definition) is 5. The topological polar surface area (TPSA) is 85.1 Å². The van der Waals surface area contributed by atoms with E-state index in [1.807, 2.05) is 50.4 Å². The number of amides is 1. The zero-order chi connectivity index (χ0) is 21.7. The lowest BCUT2D eigenvalue weighted by atomic mass is 9.93. The van der Waals surface area contributed by atoms with Crippen molar-refractivity contribution in [2.75, 3.05) is 5.73 Å². The third kappa shape index (κ3) is 4.94. The maximum absolute atomic E-state index is 13.0. The largest absolute Gasteiger partial charge is 0.398 e. The molecule has 2 aromatic carbocycles. The molecule has 0 fully saturated rings. The van der Waals surface area contributed by atoms with Crippen molar-refractivity contribution >= 4 is 28.7 Å². The van der Waals surface area contributed by atoms with Crippen molar-refractivity contribution in [1.82, 2.24) is 10.3 Å². The van der Waals surface area contributed by atoms with Gasteiger partial charge in [-0.2, -0.15) is 0 Å². The summed E-state index contributed by atoms with van der Waals surface area (Å²) in [5.41, 5.74) is 10.5. The van der Waals surface area contributed by atoms with Crippen molar-refractivity contribution in [3.8, 4) is 10.6 Å². The van der Waals surface area contributed by atoms with E-state index in [2.05, 4.69) is 10.3 Å². The summed E-state index contributed by atoms with van der Waals surface area (Å²) in [6.45, 7) is 6.10. The SMILES string of the molecule is CCCc1c(N)cc(C(=O)C(C)C)cc1C(=O)NCc1cccc(-c2nccs2)c1. The zero-order valence-corrected chi connectivity index (χ0v) is 18.4. The van der Waals surface area contributed by atoms with Crippen LogP contribution in [-0.4, -0.2) is 16.7 Å². The molecule has 1 heterocycles. The van der Waals surface area contributed by atoms with Crippen LogP contribution in [0.2, 0.25) is 0 Å². The van der Waals surface area contributed by atoms with E-state index in [4.69, 9.17) is 5.73 Å². The van der Waals surface area contributed by atoms with E-state index in [-0.39, 0.29) is 17.6 Å². The highest BCUT2D eigenvalue weighted by Crippen LogP contribution is 2.25. The molecule has 0 bridgehead atoms. The summed E-state index contributed by atoms with van der Waals surface area (Å²) in [5.74, 6) is -0.399. The van der Waals surface area contributed by atoms with Crippen molar-refractivity contribution in [3.63, 3.8) is 0 Å². The molecule has 3 N–H and O–H groups in total. The number of Topliss-reactive ketones (excluding diaryl/α,β-unsaturated/α-hetero) is 1. The minimum atomic E-state index is -0.219. The lowest BCUT2D eigenvalue weighted by Gasteiger charge is -2.15. The molecule has 0 saturated carbocycles. The average Bonchev–Trinajstić information content (AvgIpc) is 3.28. The molecular formula is C24H27N3O2S. The molecule has 0 saturated heterocycles. The predicted octanol–water partition coefficient (Wildman–Crippen LogP) is 5.11. The first-order valence-electron chi connectivity index (χ1n) is 10.1. The summed E-state index contributed by atoms with van der Waals surface area (Å²) in [6, 6.07) is 11.3. The van der Waals surface area contributed by atoms with Crippen molar-refractivity contribution in [2.24, 2.45) is 5.92 Å². The fourth-order valence-corrected chi connectivity index (χ4v) is 3.99. The Labute approximate surface area is 181 Å². The van der Waals surface area contributed by atoms with Gasteiger partial charge in [-0.3, -0.25) is 9.59 Å². The number of ketones is 1. The molecule has 0 radical (unpaired) electrons. The Hall–Kier alpha value is -2.99. The van der Waals surface area contributed by atoms with Gasteiger partial charge >= 0.3 is 0 Å². The second kappa shape index (κ2) is 9.67. The first-order chi connectivity index (χ1) is 14.4. The Balaban J connectivity index is 1.84. The summed E-state index contributed by atoms with van der Waals surface area (Å²) >= 11 is 1.58. The summed E-state index contributed by atoms with van der Waals surface area (Å²) in [4.78, 5) is 29.9. The van der Waals surface area contributed by atoms with Gasteiger partial charge in [0.2, 0.25) is 0 Å². The molecule has 6 heteroatoms. The zero-order valence-electron chi connectivity index (χ0n) is 17.6. The van der Waals surface area contributed by atoms with Crippen molar-refractivity contribution in [1.29, 1.82) is 0 Å². The summed E-state index contributed by atoms with van der Waals surface area (Å²) in [5, 5.41) is 5.87. The molecule has 1 amide bonds. The Morgan fingerprint density at radius 3 is 2.67 bits per heavy atom. The molecule has 0 aliphatic heterocycles. The van der Waals surface area contributed by atoms with E-state index in [0.29, 0.717) is 29.8 Å². The molecule has 0 unspecified atom stereocenters. The number of nitrogen functional groups attached to an aromatic ring is 1. The minimum absolute atomic E-state index is 0.0186. The Bertz CT molecular complexity index is 1040. The van der Waals surface area contributed by atoms with Gasteiger partial charge < -0.3 is 11.1 Å². The van der Waals surface area contributed by atoms with Crippen LogP contribution in [0.1, 0.15) is 59.0 Å². The number of aromatic nitrogens is 1. The van der Waals surface area contributed by atoms with Crippen molar-refractivity contribution in [2.45, 2.75) is 40.2 Å². The van der Waals surface area contributed by atoms with Gasteiger partial charge in [0.15, 0.2) is 5.78 Å². The van der Waals surface area contributed by atoms with Crippen LogP contribution in [0.15, 0.2) is 48.0 Å². The van der Waals surface area contributed by atoms with E-state index in [9.17, 15) is 9.59 Å². The van der Waals surface area contributed by atoms with Crippen LogP contribution in [0.25, 0.3) is 10.6 Å². The molecule has 30 heavy (non-hydrogen) atoms. The second-order valence-electron chi connectivity index (χ2n) is 7.58. The lowest BCUT2D eigenvalue weighted by molar-refractivity contribution is 0.0939. The number of carbonyl (C=O) groups is 2. The third-order valence-corrected chi connectivity index (χ3v) is 5.72. The number of nitrogens with zero attached hydrogens (tertiary/aromatic N) is 1. The summed E-state index contributed by atoms with van der Waals surface area (Å²) < 4.78 is 0. The second-order valence-corrected chi connectivity index (χ2v) is 8.48. The van der Waals surface area contributed by atoms with E-state index < -0.39 is 0 Å². The number of hydrogen-bond donors (Lipinski definition) is 2. The first kappa shape index (κ1) is 21.7. The Kier molecular flexibility index (Phi) is 7.00. The third-order valence-electron chi connectivity index (χ3n) is 4.90. The van der Waals surface area contributed by atoms with Gasteiger partial charge in [-0.1, -0.05) is 45.4 Å². The number of carbonyl (C=O) groups excluding carboxylic acids is 2. The number of benzene rings is 2. The lowest BCUT2D eigenvalue weighted by Crippen LogP contribution is -2.25. The minimum Gasteiger partial charge on any atom is -0.398 e. The van der Waals surface area contributed by atoms with Crippen LogP contribution in [0, 0.1) is 5.92 Å². The van der Waals surface area contributed by atoms with Gasteiger partial charge in [-0.15, -0.1) is 11.3 Å².